The summed E-state index contributed by atoms with van der Waals surface area (Å²) in [6, 6.07) is 15.5. The third kappa shape index (κ3) is 4.65. The molecule has 8 heteroatoms. The molecule has 0 aliphatic rings. The smallest absolute Gasteiger partial charge is 0.233 e. The lowest BCUT2D eigenvalue weighted by molar-refractivity contribution is -0.130. The maximum absolute atomic E-state index is 13.0. The maximum atomic E-state index is 13.0. The molecule has 0 aliphatic carbocycles. The molecule has 0 spiro atoms. The van der Waals surface area contributed by atoms with Crippen molar-refractivity contribution >= 4 is 17.7 Å². The van der Waals surface area contributed by atoms with Crippen molar-refractivity contribution in [2.24, 2.45) is 0 Å². The Kier molecular flexibility index (Phi) is 6.34. The normalized spacial score (nSPS) is 11.0. The molecule has 0 aliphatic heterocycles. The van der Waals surface area contributed by atoms with Gasteiger partial charge in [-0.2, -0.15) is 0 Å². The van der Waals surface area contributed by atoms with Crippen LogP contribution in [0.25, 0.3) is 5.69 Å². The van der Waals surface area contributed by atoms with E-state index in [1.54, 1.807) is 23.8 Å². The molecule has 0 saturated carbocycles. The van der Waals surface area contributed by atoms with Crippen LogP contribution < -0.4 is 0 Å². The van der Waals surface area contributed by atoms with Crippen molar-refractivity contribution in [3.05, 3.63) is 84.5 Å². The van der Waals surface area contributed by atoms with Gasteiger partial charge in [0, 0.05) is 0 Å². The number of nitrogens with zero attached hydrogens (tertiary/aromatic N) is 4. The second kappa shape index (κ2) is 9.49. The summed E-state index contributed by atoms with van der Waals surface area (Å²) in [5, 5.41) is 8.96. The van der Waals surface area contributed by atoms with E-state index in [4.69, 9.17) is 8.83 Å². The molecule has 3 heterocycles. The largest absolute Gasteiger partial charge is 0.467 e. The van der Waals surface area contributed by atoms with Crippen LogP contribution in [0.5, 0.6) is 0 Å². The van der Waals surface area contributed by atoms with E-state index < -0.39 is 0 Å². The average Bonchev–Trinajstić information content (AvgIpc) is 3.54. The third-order valence-corrected chi connectivity index (χ3v) is 5.61. The quantitative estimate of drug-likeness (QED) is 0.374. The van der Waals surface area contributed by atoms with E-state index in [-0.39, 0.29) is 11.7 Å². The van der Waals surface area contributed by atoms with Gasteiger partial charge in [0.15, 0.2) is 5.16 Å². The van der Waals surface area contributed by atoms with Gasteiger partial charge in [-0.3, -0.25) is 9.36 Å². The first kappa shape index (κ1) is 20.0. The Balaban J connectivity index is 1.48. The van der Waals surface area contributed by atoms with E-state index in [0.717, 1.165) is 23.6 Å². The van der Waals surface area contributed by atoms with Crippen LogP contribution in [0.15, 0.2) is 81.4 Å². The second-order valence-corrected chi connectivity index (χ2v) is 7.61. The summed E-state index contributed by atoms with van der Waals surface area (Å²) in [7, 11) is 0. The van der Waals surface area contributed by atoms with Crippen molar-refractivity contribution in [1.82, 2.24) is 19.7 Å². The highest BCUT2D eigenvalue weighted by Gasteiger charge is 2.19. The summed E-state index contributed by atoms with van der Waals surface area (Å²) >= 11 is 1.37. The third-order valence-electron chi connectivity index (χ3n) is 4.68. The van der Waals surface area contributed by atoms with Gasteiger partial charge in [0.1, 0.15) is 17.8 Å². The molecule has 4 rings (SSSR count). The molecule has 0 atom stereocenters. The molecule has 1 amide bonds. The highest BCUT2D eigenvalue weighted by molar-refractivity contribution is 7.99. The van der Waals surface area contributed by atoms with Crippen LogP contribution in [0, 0.1) is 0 Å². The van der Waals surface area contributed by atoms with Crippen molar-refractivity contribution in [3.8, 4) is 5.69 Å². The number of aromatic nitrogens is 3. The standard InChI is InChI=1S/C22H22N4O3S/c1-2-17-7-3-4-10-20(17)26-16-23-24-22(26)30-15-21(27)25(13-18-8-5-11-28-18)14-19-9-6-12-29-19/h3-12,16H,2,13-15H2,1H3. The SMILES string of the molecule is CCc1ccccc1-n1cnnc1SCC(=O)N(Cc1ccco1)Cc1ccco1. The first-order valence-corrected chi connectivity index (χ1v) is 10.7. The van der Waals surface area contributed by atoms with Crippen molar-refractivity contribution in [2.45, 2.75) is 31.6 Å². The number of para-hydroxylation sites is 1. The summed E-state index contributed by atoms with van der Waals surface area (Å²) < 4.78 is 12.8. The van der Waals surface area contributed by atoms with E-state index in [1.807, 2.05) is 47.0 Å². The van der Waals surface area contributed by atoms with E-state index >= 15 is 0 Å². The molecular weight excluding hydrogens is 400 g/mol. The molecule has 0 saturated heterocycles. The van der Waals surface area contributed by atoms with Gasteiger partial charge in [0.2, 0.25) is 5.91 Å². The lowest BCUT2D eigenvalue weighted by Crippen LogP contribution is -2.31. The predicted octanol–water partition coefficient (Wildman–Crippen LogP) is 4.34. The Bertz CT molecular complexity index is 1040. The fraction of sp³-hybridized carbons (Fsp3) is 0.227. The Morgan fingerprint density at radius 3 is 2.37 bits per heavy atom. The minimum absolute atomic E-state index is 0.0360. The zero-order valence-electron chi connectivity index (χ0n) is 16.6. The number of hydrogen-bond donors (Lipinski definition) is 0. The minimum atomic E-state index is -0.0360. The van der Waals surface area contributed by atoms with Gasteiger partial charge < -0.3 is 13.7 Å². The molecule has 4 aromatic rings. The van der Waals surface area contributed by atoms with Crippen molar-refractivity contribution in [1.29, 1.82) is 0 Å². The van der Waals surface area contributed by atoms with Crippen LogP contribution >= 0.6 is 11.8 Å². The van der Waals surface area contributed by atoms with Crippen molar-refractivity contribution in [3.63, 3.8) is 0 Å². The Morgan fingerprint density at radius 1 is 1.03 bits per heavy atom. The maximum Gasteiger partial charge on any atom is 0.233 e. The Labute approximate surface area is 178 Å². The van der Waals surface area contributed by atoms with E-state index in [0.29, 0.717) is 18.2 Å². The van der Waals surface area contributed by atoms with Crippen LogP contribution in [-0.4, -0.2) is 31.3 Å². The van der Waals surface area contributed by atoms with E-state index in [2.05, 4.69) is 23.2 Å². The van der Waals surface area contributed by atoms with Gasteiger partial charge in [-0.25, -0.2) is 0 Å². The van der Waals surface area contributed by atoms with Gasteiger partial charge in [-0.05, 0) is 42.3 Å². The second-order valence-electron chi connectivity index (χ2n) is 6.66. The Hall–Kier alpha value is -3.26. The summed E-state index contributed by atoms with van der Waals surface area (Å²) in [6.45, 7) is 2.86. The molecule has 1 aromatic carbocycles. The molecule has 3 aromatic heterocycles. The fourth-order valence-corrected chi connectivity index (χ4v) is 3.99. The topological polar surface area (TPSA) is 77.3 Å². The van der Waals surface area contributed by atoms with E-state index in [9.17, 15) is 4.79 Å². The van der Waals surface area contributed by atoms with Crippen LogP contribution in [0.3, 0.4) is 0 Å². The number of furan rings is 2. The van der Waals surface area contributed by atoms with Crippen LogP contribution in [0.1, 0.15) is 24.0 Å². The molecule has 30 heavy (non-hydrogen) atoms. The Morgan fingerprint density at radius 2 is 1.73 bits per heavy atom. The average molecular weight is 423 g/mol. The molecule has 0 unspecified atom stereocenters. The number of carbonyl (C=O) groups is 1. The highest BCUT2D eigenvalue weighted by atomic mass is 32.2. The summed E-state index contributed by atoms with van der Waals surface area (Å²) in [5.74, 6) is 1.64. The van der Waals surface area contributed by atoms with Crippen LogP contribution in [-0.2, 0) is 24.3 Å². The lowest BCUT2D eigenvalue weighted by Gasteiger charge is -2.20. The number of thioether (sulfide) groups is 1. The summed E-state index contributed by atoms with van der Waals surface area (Å²) in [4.78, 5) is 14.7. The summed E-state index contributed by atoms with van der Waals surface area (Å²) in [5.41, 5.74) is 2.23. The number of hydrogen-bond acceptors (Lipinski definition) is 6. The van der Waals surface area contributed by atoms with Gasteiger partial charge >= 0.3 is 0 Å². The molecule has 154 valence electrons. The van der Waals surface area contributed by atoms with Gasteiger partial charge in [0.25, 0.3) is 0 Å². The van der Waals surface area contributed by atoms with Crippen molar-refractivity contribution in [2.75, 3.05) is 5.75 Å². The molecular formula is C22H22N4O3S. The van der Waals surface area contributed by atoms with Gasteiger partial charge in [-0.15, -0.1) is 10.2 Å². The number of benzene rings is 1. The number of carbonyl (C=O) groups excluding carboxylic acids is 1. The van der Waals surface area contributed by atoms with Crippen LogP contribution in [0.4, 0.5) is 0 Å². The zero-order valence-corrected chi connectivity index (χ0v) is 17.4. The predicted molar refractivity (Wildman–Crippen MR) is 113 cm³/mol. The molecule has 0 N–H and O–H groups in total. The number of aryl methyl sites for hydroxylation is 1. The van der Waals surface area contributed by atoms with Gasteiger partial charge in [0.05, 0.1) is 37.1 Å². The summed E-state index contributed by atoms with van der Waals surface area (Å²) in [6.07, 6.45) is 5.79. The highest BCUT2D eigenvalue weighted by Crippen LogP contribution is 2.23. The zero-order chi connectivity index (χ0) is 20.8. The van der Waals surface area contributed by atoms with E-state index in [1.165, 1.54) is 17.3 Å². The first-order chi connectivity index (χ1) is 14.7. The molecule has 7 nitrogen and oxygen atoms in total. The molecule has 0 radical (unpaired) electrons. The number of amides is 1. The van der Waals surface area contributed by atoms with Crippen LogP contribution in [0.2, 0.25) is 0 Å². The fourth-order valence-electron chi connectivity index (χ4n) is 3.16. The minimum Gasteiger partial charge on any atom is -0.467 e. The monoisotopic (exact) mass is 422 g/mol. The first-order valence-electron chi connectivity index (χ1n) is 9.68. The van der Waals surface area contributed by atoms with Crippen molar-refractivity contribution < 1.29 is 13.6 Å². The molecule has 0 bridgehead atoms. The molecule has 0 fully saturated rings. The van der Waals surface area contributed by atoms with Gasteiger partial charge in [-0.1, -0.05) is 36.9 Å². The number of rotatable bonds is 9. The lowest BCUT2D eigenvalue weighted by atomic mass is 10.1.